The number of nitrogens with zero attached hydrogens (tertiary/aromatic N) is 2. The van der Waals surface area contributed by atoms with E-state index in [0.29, 0.717) is 11.8 Å². The van der Waals surface area contributed by atoms with Gasteiger partial charge in [-0.05, 0) is 55.6 Å². The van der Waals surface area contributed by atoms with Crippen molar-refractivity contribution in [2.75, 3.05) is 13.1 Å². The third kappa shape index (κ3) is 2.92. The van der Waals surface area contributed by atoms with Crippen molar-refractivity contribution < 1.29 is 0 Å². The number of likely N-dealkylation sites (tertiary alicyclic amines) is 1. The molecule has 2 unspecified atom stereocenters. The number of hydrogen-bond acceptors (Lipinski definition) is 2. The Bertz CT molecular complexity index is 820. The molecule has 2 fully saturated rings. The van der Waals surface area contributed by atoms with E-state index in [0.717, 1.165) is 25.0 Å². The second-order valence-corrected chi connectivity index (χ2v) is 8.57. The number of rotatable bonds is 2. The molecule has 3 heterocycles. The largest absolute Gasteiger partial charge is 0.312 e. The van der Waals surface area contributed by atoms with Gasteiger partial charge in [-0.25, -0.2) is 0 Å². The van der Waals surface area contributed by atoms with E-state index >= 15 is 0 Å². The Balaban J connectivity index is 1.28. The minimum absolute atomic E-state index is 0.189. The van der Waals surface area contributed by atoms with Crippen LogP contribution in [0, 0.1) is 5.92 Å². The van der Waals surface area contributed by atoms with Crippen molar-refractivity contribution in [3.63, 3.8) is 0 Å². The van der Waals surface area contributed by atoms with Gasteiger partial charge in [-0.1, -0.05) is 36.4 Å². The highest BCUT2D eigenvalue weighted by atomic mass is 16.1. The zero-order valence-corrected chi connectivity index (χ0v) is 15.4. The first-order chi connectivity index (χ1) is 12.8. The predicted octanol–water partition coefficient (Wildman–Crippen LogP) is 3.99. The van der Waals surface area contributed by atoms with E-state index in [1.807, 2.05) is 10.6 Å². The molecular formula is C23H28N2O. The molecule has 26 heavy (non-hydrogen) atoms. The van der Waals surface area contributed by atoms with Crippen molar-refractivity contribution in [2.45, 2.75) is 56.5 Å². The Kier molecular flexibility index (Phi) is 4.20. The summed E-state index contributed by atoms with van der Waals surface area (Å²) in [5.41, 5.74) is 2.99. The lowest BCUT2D eigenvalue weighted by Gasteiger charge is -2.47. The monoisotopic (exact) mass is 348 g/mol. The fourth-order valence-corrected chi connectivity index (χ4v) is 5.73. The first-order valence-corrected chi connectivity index (χ1v) is 10.3. The summed E-state index contributed by atoms with van der Waals surface area (Å²) in [7, 11) is 0. The molecule has 0 spiro atoms. The first-order valence-electron chi connectivity index (χ1n) is 10.3. The fraction of sp³-hybridized carbons (Fsp3) is 0.522. The highest BCUT2D eigenvalue weighted by Crippen LogP contribution is 2.40. The zero-order valence-electron chi connectivity index (χ0n) is 15.4. The normalized spacial score (nSPS) is 31.4. The maximum Gasteiger partial charge on any atom is 0.250 e. The predicted molar refractivity (Wildman–Crippen MR) is 105 cm³/mol. The van der Waals surface area contributed by atoms with Crippen molar-refractivity contribution >= 4 is 0 Å². The molecule has 0 N–H and O–H groups in total. The summed E-state index contributed by atoms with van der Waals surface area (Å²) in [4.78, 5) is 15.0. The second kappa shape index (κ2) is 6.70. The average molecular weight is 348 g/mol. The standard InChI is InChI=1S/C23H28N2O/c26-23-8-4-7-22-20-13-17(15-25(22)23)14-24(16-20)21-11-9-19(10-12-21)18-5-2-1-3-6-18/h1-8,17,19-21H,9-16H2. The van der Waals surface area contributed by atoms with Crippen LogP contribution in [0.2, 0.25) is 0 Å². The Morgan fingerprint density at radius 2 is 1.58 bits per heavy atom. The van der Waals surface area contributed by atoms with Crippen molar-refractivity contribution in [1.29, 1.82) is 0 Å². The molecule has 1 aromatic heterocycles. The number of pyridine rings is 1. The molecule has 1 aromatic carbocycles. The van der Waals surface area contributed by atoms with Gasteiger partial charge in [-0.2, -0.15) is 0 Å². The van der Waals surface area contributed by atoms with Gasteiger partial charge in [0, 0.05) is 43.4 Å². The molecule has 2 atom stereocenters. The van der Waals surface area contributed by atoms with Gasteiger partial charge < -0.3 is 4.57 Å². The molecule has 1 saturated heterocycles. The first kappa shape index (κ1) is 16.3. The Hall–Kier alpha value is -1.87. The maximum atomic E-state index is 12.2. The van der Waals surface area contributed by atoms with Crippen molar-refractivity contribution in [1.82, 2.24) is 9.47 Å². The Morgan fingerprint density at radius 3 is 2.38 bits per heavy atom. The molecule has 0 amide bonds. The van der Waals surface area contributed by atoms with E-state index in [1.54, 1.807) is 6.07 Å². The van der Waals surface area contributed by atoms with Gasteiger partial charge in [0.15, 0.2) is 0 Å². The van der Waals surface area contributed by atoms with Crippen molar-refractivity contribution in [3.05, 3.63) is 70.1 Å². The van der Waals surface area contributed by atoms with Crippen LogP contribution in [0.5, 0.6) is 0 Å². The lowest BCUT2D eigenvalue weighted by atomic mass is 9.78. The van der Waals surface area contributed by atoms with Crippen LogP contribution < -0.4 is 5.56 Å². The summed E-state index contributed by atoms with van der Waals surface area (Å²) in [6.07, 6.45) is 6.54. The van der Waals surface area contributed by atoms with E-state index in [9.17, 15) is 4.79 Å². The molecule has 3 heteroatoms. The fourth-order valence-electron chi connectivity index (χ4n) is 5.73. The van der Waals surface area contributed by atoms with E-state index in [1.165, 1.54) is 49.9 Å². The van der Waals surface area contributed by atoms with Crippen LogP contribution in [0.3, 0.4) is 0 Å². The maximum absolute atomic E-state index is 12.2. The van der Waals surface area contributed by atoms with Crippen LogP contribution >= 0.6 is 0 Å². The van der Waals surface area contributed by atoms with Crippen LogP contribution in [0.1, 0.15) is 55.2 Å². The van der Waals surface area contributed by atoms with Gasteiger partial charge in [0.25, 0.3) is 5.56 Å². The molecule has 5 rings (SSSR count). The third-order valence-electron chi connectivity index (χ3n) is 6.99. The second-order valence-electron chi connectivity index (χ2n) is 8.57. The van der Waals surface area contributed by atoms with Gasteiger partial charge in [-0.15, -0.1) is 0 Å². The molecule has 2 aromatic rings. The summed E-state index contributed by atoms with van der Waals surface area (Å²) >= 11 is 0. The molecule has 136 valence electrons. The SMILES string of the molecule is O=c1cccc2n1CC1CC2CN(C2CCC(c3ccccc3)CC2)C1. The van der Waals surface area contributed by atoms with E-state index in [-0.39, 0.29) is 5.56 Å². The minimum Gasteiger partial charge on any atom is -0.312 e. The summed E-state index contributed by atoms with van der Waals surface area (Å²) in [6, 6.07) is 17.6. The molecular weight excluding hydrogens is 320 g/mol. The number of benzene rings is 1. The molecule has 0 radical (unpaired) electrons. The van der Waals surface area contributed by atoms with E-state index in [4.69, 9.17) is 0 Å². The van der Waals surface area contributed by atoms with E-state index < -0.39 is 0 Å². The van der Waals surface area contributed by atoms with Crippen molar-refractivity contribution in [2.24, 2.45) is 5.92 Å². The summed E-state index contributed by atoms with van der Waals surface area (Å²) in [5, 5.41) is 0. The molecule has 1 aliphatic carbocycles. The number of fused-ring (bicyclic) bond motifs is 4. The van der Waals surface area contributed by atoms with Crippen molar-refractivity contribution in [3.8, 4) is 0 Å². The van der Waals surface area contributed by atoms with Crippen LogP contribution in [0.4, 0.5) is 0 Å². The molecule has 3 aliphatic rings. The summed E-state index contributed by atoms with van der Waals surface area (Å²) < 4.78 is 2.04. The van der Waals surface area contributed by atoms with Crippen LogP contribution in [-0.4, -0.2) is 28.6 Å². The van der Waals surface area contributed by atoms with Crippen LogP contribution in [-0.2, 0) is 6.54 Å². The lowest BCUT2D eigenvalue weighted by molar-refractivity contribution is 0.0620. The summed E-state index contributed by atoms with van der Waals surface area (Å²) in [6.45, 7) is 3.24. The quantitative estimate of drug-likeness (QED) is 0.820. The van der Waals surface area contributed by atoms with Gasteiger partial charge in [0.1, 0.15) is 0 Å². The lowest BCUT2D eigenvalue weighted by Crippen LogP contribution is -2.51. The molecule has 2 aliphatic heterocycles. The Labute approximate surface area is 155 Å². The third-order valence-corrected chi connectivity index (χ3v) is 6.99. The number of aromatic nitrogens is 1. The average Bonchev–Trinajstić information content (AvgIpc) is 2.70. The summed E-state index contributed by atoms with van der Waals surface area (Å²) in [5.74, 6) is 1.94. The smallest absolute Gasteiger partial charge is 0.250 e. The van der Waals surface area contributed by atoms with Crippen LogP contribution in [0.15, 0.2) is 53.3 Å². The Morgan fingerprint density at radius 1 is 0.769 bits per heavy atom. The minimum atomic E-state index is 0.189. The number of hydrogen-bond donors (Lipinski definition) is 0. The van der Waals surface area contributed by atoms with Gasteiger partial charge >= 0.3 is 0 Å². The number of piperidine rings is 1. The topological polar surface area (TPSA) is 25.2 Å². The highest BCUT2D eigenvalue weighted by molar-refractivity contribution is 5.20. The zero-order chi connectivity index (χ0) is 17.5. The van der Waals surface area contributed by atoms with Gasteiger partial charge in [-0.3, -0.25) is 9.69 Å². The van der Waals surface area contributed by atoms with Crippen LogP contribution in [0.25, 0.3) is 0 Å². The molecule has 2 bridgehead atoms. The van der Waals surface area contributed by atoms with Gasteiger partial charge in [0.05, 0.1) is 0 Å². The highest BCUT2D eigenvalue weighted by Gasteiger charge is 2.37. The van der Waals surface area contributed by atoms with Gasteiger partial charge in [0.2, 0.25) is 0 Å². The van der Waals surface area contributed by atoms with E-state index in [2.05, 4.69) is 41.3 Å². The molecule has 1 saturated carbocycles. The molecule has 3 nitrogen and oxygen atoms in total.